The van der Waals surface area contributed by atoms with Gasteiger partial charge in [-0.25, -0.2) is 8.78 Å². The average molecular weight is 967 g/mol. The van der Waals surface area contributed by atoms with Crippen molar-refractivity contribution in [2.45, 2.75) is 52.4 Å². The van der Waals surface area contributed by atoms with Crippen LogP contribution in [0.25, 0.3) is 66.1 Å². The Balaban J connectivity index is 0.928. The predicted molar refractivity (Wildman–Crippen MR) is 307 cm³/mol. The zero-order valence-electron chi connectivity index (χ0n) is 42.5. The molecule has 0 aliphatic rings. The van der Waals surface area contributed by atoms with Crippen LogP contribution in [0.3, 0.4) is 0 Å². The van der Waals surface area contributed by atoms with Gasteiger partial charge in [-0.1, -0.05) is 114 Å². The molecule has 2 heterocycles. The summed E-state index contributed by atoms with van der Waals surface area (Å²) in [5.41, 5.74) is 16.8. The van der Waals surface area contributed by atoms with Gasteiger partial charge < -0.3 is 18.9 Å². The number of halogens is 2. The van der Waals surface area contributed by atoms with Crippen molar-refractivity contribution in [3.05, 3.63) is 253 Å². The van der Waals surface area contributed by atoms with Crippen molar-refractivity contribution in [1.29, 1.82) is 0 Å². The Hall–Kier alpha value is -8.74. The van der Waals surface area contributed by atoms with Crippen molar-refractivity contribution in [1.82, 2.24) is 9.13 Å². The van der Waals surface area contributed by atoms with Crippen LogP contribution >= 0.6 is 0 Å². The van der Waals surface area contributed by atoms with Gasteiger partial charge in [0, 0.05) is 67.0 Å². The highest BCUT2D eigenvalue weighted by Crippen LogP contribution is 2.44. The quantitative estimate of drug-likeness (QED) is 0.143. The summed E-state index contributed by atoms with van der Waals surface area (Å²) in [6, 6.07) is 78.6. The number of benzene rings is 10. The minimum absolute atomic E-state index is 0.0321. The maximum absolute atomic E-state index is 14.6. The topological polar surface area (TPSA) is 16.3 Å². The number of hydrogen-bond acceptors (Lipinski definition) is 2. The summed E-state index contributed by atoms with van der Waals surface area (Å²) in [4.78, 5) is 4.40. The molecule has 0 bridgehead atoms. The number of nitrogens with zero attached hydrogens (tertiary/aromatic N) is 4. The molecule has 0 saturated carbocycles. The van der Waals surface area contributed by atoms with E-state index in [4.69, 9.17) is 0 Å². The molecule has 0 unspecified atom stereocenters. The molecule has 0 amide bonds. The van der Waals surface area contributed by atoms with Crippen LogP contribution in [-0.4, -0.2) is 9.13 Å². The minimum Gasteiger partial charge on any atom is -0.310 e. The second kappa shape index (κ2) is 18.1. The van der Waals surface area contributed by atoms with Crippen molar-refractivity contribution < 1.29 is 8.78 Å². The van der Waals surface area contributed by atoms with Crippen LogP contribution < -0.4 is 9.80 Å². The number of hydrogen-bond donors (Lipinski definition) is 0. The van der Waals surface area contributed by atoms with E-state index in [0.717, 1.165) is 89.5 Å². The largest absolute Gasteiger partial charge is 0.310 e. The van der Waals surface area contributed by atoms with Crippen LogP contribution in [0.15, 0.2) is 231 Å². The highest BCUT2D eigenvalue weighted by molar-refractivity contribution is 6.12. The first-order valence-electron chi connectivity index (χ1n) is 25.4. The van der Waals surface area contributed by atoms with E-state index in [1.807, 2.05) is 24.3 Å². The van der Waals surface area contributed by atoms with Crippen LogP contribution in [0.4, 0.5) is 42.9 Å². The van der Waals surface area contributed by atoms with Gasteiger partial charge in [0.2, 0.25) is 0 Å². The van der Waals surface area contributed by atoms with E-state index in [1.54, 1.807) is 0 Å². The molecule has 0 spiro atoms. The van der Waals surface area contributed by atoms with Gasteiger partial charge in [0.1, 0.15) is 11.6 Å². The van der Waals surface area contributed by atoms with Crippen LogP contribution in [0, 0.1) is 11.6 Å². The van der Waals surface area contributed by atoms with E-state index in [-0.39, 0.29) is 22.5 Å². The molecule has 2 aromatic heterocycles. The van der Waals surface area contributed by atoms with E-state index in [1.165, 1.54) is 46.2 Å². The Morgan fingerprint density at radius 2 is 0.581 bits per heavy atom. The summed E-state index contributed by atoms with van der Waals surface area (Å²) in [5, 5.41) is 4.64. The lowest BCUT2D eigenvalue weighted by Crippen LogP contribution is -2.10. The zero-order chi connectivity index (χ0) is 50.9. The fourth-order valence-corrected chi connectivity index (χ4v) is 10.6. The molecule has 362 valence electrons. The molecule has 0 N–H and O–H groups in total. The summed E-state index contributed by atoms with van der Waals surface area (Å²) >= 11 is 0. The predicted octanol–water partition coefficient (Wildman–Crippen LogP) is 19.4. The lowest BCUT2D eigenvalue weighted by Gasteiger charge is -2.26. The molecule has 0 fully saturated rings. The first-order valence-corrected chi connectivity index (χ1v) is 25.4. The Bertz CT molecular complexity index is 3740. The summed E-state index contributed by atoms with van der Waals surface area (Å²) in [6.07, 6.45) is 0. The molecule has 0 radical (unpaired) electrons. The number of rotatable bonds is 9. The maximum atomic E-state index is 14.6. The van der Waals surface area contributed by atoms with Crippen molar-refractivity contribution in [3.63, 3.8) is 0 Å². The van der Waals surface area contributed by atoms with Gasteiger partial charge in [-0.05, 0) is 191 Å². The van der Waals surface area contributed by atoms with Crippen molar-refractivity contribution >= 4 is 77.7 Å². The summed E-state index contributed by atoms with van der Waals surface area (Å²) in [6.45, 7) is 13.5. The van der Waals surface area contributed by atoms with Crippen LogP contribution in [0.2, 0.25) is 0 Å². The van der Waals surface area contributed by atoms with Crippen molar-refractivity contribution in [2.24, 2.45) is 0 Å². The summed E-state index contributed by atoms with van der Waals surface area (Å²) < 4.78 is 33.8. The van der Waals surface area contributed by atoms with Gasteiger partial charge in [-0.3, -0.25) is 0 Å². The summed E-state index contributed by atoms with van der Waals surface area (Å²) in [7, 11) is 0. The van der Waals surface area contributed by atoms with Gasteiger partial charge in [0.25, 0.3) is 0 Å². The van der Waals surface area contributed by atoms with Crippen molar-refractivity contribution in [2.75, 3.05) is 9.80 Å². The number of anilines is 6. The minimum atomic E-state index is -0.285. The Morgan fingerprint density at radius 1 is 0.297 bits per heavy atom. The van der Waals surface area contributed by atoms with E-state index < -0.39 is 0 Å². The Kier molecular flexibility index (Phi) is 11.3. The molecule has 74 heavy (non-hydrogen) atoms. The molecular formula is C68H56F2N4. The number of fused-ring (bicyclic) bond motifs is 6. The fourth-order valence-electron chi connectivity index (χ4n) is 10.6. The molecule has 0 aliphatic heterocycles. The lowest BCUT2D eigenvalue weighted by atomic mass is 9.86. The van der Waals surface area contributed by atoms with E-state index in [0.29, 0.717) is 0 Å². The molecule has 6 heteroatoms. The van der Waals surface area contributed by atoms with Gasteiger partial charge in [-0.15, -0.1) is 0 Å². The van der Waals surface area contributed by atoms with E-state index >= 15 is 0 Å². The van der Waals surface area contributed by atoms with Gasteiger partial charge in [-0.2, -0.15) is 0 Å². The molecular weight excluding hydrogens is 911 g/mol. The van der Waals surface area contributed by atoms with Crippen LogP contribution in [0.1, 0.15) is 52.7 Å². The molecule has 10 aromatic carbocycles. The monoisotopic (exact) mass is 966 g/mol. The molecule has 4 nitrogen and oxygen atoms in total. The first-order chi connectivity index (χ1) is 35.8. The molecule has 0 saturated heterocycles. The molecule has 12 aromatic rings. The third-order valence-corrected chi connectivity index (χ3v) is 14.5. The van der Waals surface area contributed by atoms with Gasteiger partial charge in [0.05, 0.1) is 22.1 Å². The van der Waals surface area contributed by atoms with Crippen molar-refractivity contribution in [3.8, 4) is 22.5 Å². The summed E-state index contributed by atoms with van der Waals surface area (Å²) in [5.74, 6) is -0.569. The Morgan fingerprint density at radius 3 is 0.905 bits per heavy atom. The van der Waals surface area contributed by atoms with Crippen LogP contribution in [0.5, 0.6) is 0 Å². The van der Waals surface area contributed by atoms with Gasteiger partial charge >= 0.3 is 0 Å². The van der Waals surface area contributed by atoms with E-state index in [9.17, 15) is 8.78 Å². The smallest absolute Gasteiger partial charge is 0.123 e. The second-order valence-corrected chi connectivity index (χ2v) is 21.4. The fraction of sp³-hybridized carbons (Fsp3) is 0.118. The normalized spacial score (nSPS) is 12.1. The lowest BCUT2D eigenvalue weighted by molar-refractivity contribution is 0.591. The maximum Gasteiger partial charge on any atom is 0.123 e. The third-order valence-electron chi connectivity index (χ3n) is 14.5. The van der Waals surface area contributed by atoms with Crippen LogP contribution in [-0.2, 0) is 10.8 Å². The standard InChI is InChI=1S/C68H56F2N4/c1-67(2,3)47-21-37-63-59(41-47)61-43-57(35-39-65(61)73(63)51-13-9-7-10-14-51)71(55-31-23-49(69)24-32-55)53-27-17-45(18-28-53)46-19-29-54(30-20-46)72(56-33-25-50(70)26-34-56)58-36-40-66-62(44-58)60-42-48(68(4,5)6)22-38-64(60)74(66)52-15-11-8-12-16-52/h7-44H,1-6H3. The Labute approximate surface area is 431 Å². The zero-order valence-corrected chi connectivity index (χ0v) is 42.5. The molecule has 12 rings (SSSR count). The second-order valence-electron chi connectivity index (χ2n) is 21.4. The first kappa shape index (κ1) is 46.3. The number of aromatic nitrogens is 2. The highest BCUT2D eigenvalue weighted by Gasteiger charge is 2.23. The van der Waals surface area contributed by atoms with Gasteiger partial charge in [0.15, 0.2) is 0 Å². The highest BCUT2D eigenvalue weighted by atomic mass is 19.1. The SMILES string of the molecule is CC(C)(C)c1ccc2c(c1)c1cc(N(c3ccc(F)cc3)c3ccc(-c4ccc(N(c5ccc(F)cc5)c5ccc6c(c5)c5cc(C(C)(C)C)ccc5n6-c5ccccc5)cc4)cc3)ccc1n2-c1ccccc1. The average Bonchev–Trinajstić information content (AvgIpc) is 3.92. The molecule has 0 aliphatic carbocycles. The van der Waals surface area contributed by atoms with E-state index in [2.05, 4.69) is 242 Å². The number of para-hydroxylation sites is 2. The third kappa shape index (κ3) is 8.36. The molecule has 0 atom stereocenters.